The number of morpholine rings is 1. The molecule has 1 N–H and O–H groups in total. The number of pyridine rings is 1. The van der Waals surface area contributed by atoms with Crippen LogP contribution in [0.3, 0.4) is 0 Å². The minimum Gasteiger partial charge on any atom is -0.478 e. The number of hydrogen-bond donors (Lipinski definition) is 1. The fourth-order valence-electron chi connectivity index (χ4n) is 3.41. The van der Waals surface area contributed by atoms with Gasteiger partial charge in [0.2, 0.25) is 0 Å². The minimum absolute atomic E-state index is 0.349. The Morgan fingerprint density at radius 1 is 1.22 bits per heavy atom. The zero-order valence-electron chi connectivity index (χ0n) is 15.1. The number of ether oxygens (including phenoxy) is 1. The van der Waals surface area contributed by atoms with Crippen LogP contribution in [0.15, 0.2) is 24.4 Å². The highest BCUT2D eigenvalue weighted by Crippen LogP contribution is 2.32. The summed E-state index contributed by atoms with van der Waals surface area (Å²) in [6, 6.07) is 4.59. The van der Waals surface area contributed by atoms with E-state index in [1.807, 2.05) is 13.0 Å². The van der Waals surface area contributed by atoms with Gasteiger partial charge in [-0.05, 0) is 43.2 Å². The molecule has 1 aromatic carbocycles. The third kappa shape index (κ3) is 3.12. The second kappa shape index (κ2) is 6.62. The number of aromatic nitrogens is 3. The molecular formula is C19H19FN4O3. The van der Waals surface area contributed by atoms with Crippen LogP contribution in [-0.4, -0.2) is 52.0 Å². The number of carbonyl (C=O) groups is 1. The summed E-state index contributed by atoms with van der Waals surface area (Å²) in [6.45, 7) is 6.29. The Morgan fingerprint density at radius 2 is 1.96 bits per heavy atom. The van der Waals surface area contributed by atoms with Crippen LogP contribution in [0.4, 0.5) is 10.1 Å². The molecule has 8 heteroatoms. The molecule has 3 heterocycles. The average Bonchev–Trinajstić information content (AvgIpc) is 3.01. The maximum absolute atomic E-state index is 14.0. The van der Waals surface area contributed by atoms with E-state index in [9.17, 15) is 14.3 Å². The number of aromatic carboxylic acids is 1. The number of anilines is 1. The fraction of sp³-hybridized carbons (Fsp3) is 0.316. The highest BCUT2D eigenvalue weighted by molar-refractivity contribution is 5.90. The lowest BCUT2D eigenvalue weighted by atomic mass is 9.98. The third-order valence-corrected chi connectivity index (χ3v) is 4.73. The molecule has 1 fully saturated rings. The lowest BCUT2D eigenvalue weighted by molar-refractivity contribution is 0.0692. The highest BCUT2D eigenvalue weighted by atomic mass is 19.1. The van der Waals surface area contributed by atoms with Gasteiger partial charge >= 0.3 is 5.97 Å². The topological polar surface area (TPSA) is 80.0 Å². The summed E-state index contributed by atoms with van der Waals surface area (Å²) in [6.07, 6.45) is 1.80. The van der Waals surface area contributed by atoms with E-state index in [0.29, 0.717) is 30.2 Å². The van der Waals surface area contributed by atoms with Gasteiger partial charge in [-0.15, -0.1) is 0 Å². The van der Waals surface area contributed by atoms with Crippen LogP contribution in [0.1, 0.15) is 21.7 Å². The molecule has 0 spiro atoms. The van der Waals surface area contributed by atoms with Gasteiger partial charge in [-0.2, -0.15) is 5.10 Å². The van der Waals surface area contributed by atoms with Gasteiger partial charge in [-0.25, -0.2) is 18.7 Å². The van der Waals surface area contributed by atoms with Crippen molar-refractivity contribution in [2.45, 2.75) is 13.8 Å². The predicted molar refractivity (Wildman–Crippen MR) is 97.8 cm³/mol. The molecule has 2 aromatic heterocycles. The summed E-state index contributed by atoms with van der Waals surface area (Å²) in [5.74, 6) is -1.39. The number of carboxylic acids is 1. The maximum Gasteiger partial charge on any atom is 0.338 e. The number of benzene rings is 1. The van der Waals surface area contributed by atoms with E-state index < -0.39 is 11.8 Å². The van der Waals surface area contributed by atoms with Gasteiger partial charge in [0, 0.05) is 24.8 Å². The Labute approximate surface area is 155 Å². The van der Waals surface area contributed by atoms with Crippen LogP contribution in [0.2, 0.25) is 0 Å². The molecule has 0 atom stereocenters. The first kappa shape index (κ1) is 17.4. The standard InChI is InChI=1S/C19H19FN4O3/c1-11-7-16(20)15(19(25)26)9-14(11)13-8-17(23-3-5-27-6-4-23)18-21-12(2)22-24(18)10-13/h7-10H,3-6H2,1-2H3,(H,25,26). The SMILES string of the molecule is Cc1nc2c(N3CCOCC3)cc(-c3cc(C(=O)O)c(F)cc3C)cn2n1. The summed E-state index contributed by atoms with van der Waals surface area (Å²) < 4.78 is 21.1. The zero-order valence-corrected chi connectivity index (χ0v) is 15.1. The zero-order chi connectivity index (χ0) is 19.1. The molecule has 140 valence electrons. The van der Waals surface area contributed by atoms with E-state index in [4.69, 9.17) is 4.74 Å². The normalized spacial score (nSPS) is 14.7. The van der Waals surface area contributed by atoms with Gasteiger partial charge < -0.3 is 14.7 Å². The molecule has 1 aliphatic rings. The Hall–Kier alpha value is -3.00. The third-order valence-electron chi connectivity index (χ3n) is 4.73. The van der Waals surface area contributed by atoms with Gasteiger partial charge in [0.1, 0.15) is 11.6 Å². The second-order valence-electron chi connectivity index (χ2n) is 6.59. The Balaban J connectivity index is 1.92. The quantitative estimate of drug-likeness (QED) is 0.764. The van der Waals surface area contributed by atoms with Crippen LogP contribution in [0.25, 0.3) is 16.8 Å². The molecule has 0 bridgehead atoms. The molecule has 3 aromatic rings. The van der Waals surface area contributed by atoms with E-state index in [1.54, 1.807) is 17.6 Å². The number of halogens is 1. The minimum atomic E-state index is -1.29. The molecule has 4 rings (SSSR count). The molecule has 1 aliphatic heterocycles. The van der Waals surface area contributed by atoms with E-state index in [1.165, 1.54) is 12.1 Å². The van der Waals surface area contributed by atoms with Crippen molar-refractivity contribution in [1.82, 2.24) is 14.6 Å². The molecule has 27 heavy (non-hydrogen) atoms. The van der Waals surface area contributed by atoms with Gasteiger partial charge in [-0.3, -0.25) is 0 Å². The average molecular weight is 370 g/mol. The van der Waals surface area contributed by atoms with Crippen LogP contribution in [0.5, 0.6) is 0 Å². The van der Waals surface area contributed by atoms with Crippen molar-refractivity contribution in [1.29, 1.82) is 0 Å². The first-order valence-corrected chi connectivity index (χ1v) is 8.67. The van der Waals surface area contributed by atoms with Crippen molar-refractivity contribution in [2.75, 3.05) is 31.2 Å². The van der Waals surface area contributed by atoms with Crippen molar-refractivity contribution in [3.05, 3.63) is 47.2 Å². The molecule has 0 amide bonds. The molecule has 0 saturated carbocycles. The van der Waals surface area contributed by atoms with Crippen LogP contribution < -0.4 is 4.90 Å². The molecule has 0 unspecified atom stereocenters. The molecule has 1 saturated heterocycles. The summed E-state index contributed by atoms with van der Waals surface area (Å²) in [4.78, 5) is 18.1. The van der Waals surface area contributed by atoms with E-state index in [2.05, 4.69) is 15.0 Å². The summed E-state index contributed by atoms with van der Waals surface area (Å²) in [5.41, 5.74) is 3.35. The number of nitrogens with zero attached hydrogens (tertiary/aromatic N) is 4. The van der Waals surface area contributed by atoms with Crippen LogP contribution in [-0.2, 0) is 4.74 Å². The first-order valence-electron chi connectivity index (χ1n) is 8.67. The maximum atomic E-state index is 14.0. The van der Waals surface area contributed by atoms with Gasteiger partial charge in [0.05, 0.1) is 24.5 Å². The van der Waals surface area contributed by atoms with E-state index in [-0.39, 0.29) is 5.56 Å². The highest BCUT2D eigenvalue weighted by Gasteiger charge is 2.20. The fourth-order valence-corrected chi connectivity index (χ4v) is 3.41. The monoisotopic (exact) mass is 370 g/mol. The Morgan fingerprint density at radius 3 is 2.67 bits per heavy atom. The summed E-state index contributed by atoms with van der Waals surface area (Å²) in [7, 11) is 0. The Bertz CT molecular complexity index is 1040. The Kier molecular flexibility index (Phi) is 4.27. The first-order chi connectivity index (χ1) is 12.9. The van der Waals surface area contributed by atoms with Gasteiger partial charge in [-0.1, -0.05) is 0 Å². The van der Waals surface area contributed by atoms with Gasteiger partial charge in [0.25, 0.3) is 0 Å². The lowest BCUT2D eigenvalue weighted by Crippen LogP contribution is -2.36. The van der Waals surface area contributed by atoms with Crippen molar-refractivity contribution >= 4 is 17.3 Å². The van der Waals surface area contributed by atoms with E-state index in [0.717, 1.165) is 30.0 Å². The van der Waals surface area contributed by atoms with Crippen LogP contribution in [0, 0.1) is 19.7 Å². The van der Waals surface area contributed by atoms with Crippen molar-refractivity contribution < 1.29 is 19.0 Å². The van der Waals surface area contributed by atoms with Crippen LogP contribution >= 0.6 is 0 Å². The predicted octanol–water partition coefficient (Wildman–Crippen LogP) is 2.69. The number of carboxylic acid groups (broad SMARTS) is 1. The second-order valence-corrected chi connectivity index (χ2v) is 6.59. The largest absolute Gasteiger partial charge is 0.478 e. The smallest absolute Gasteiger partial charge is 0.338 e. The van der Waals surface area contributed by atoms with Crippen molar-refractivity contribution in [3.8, 4) is 11.1 Å². The van der Waals surface area contributed by atoms with E-state index >= 15 is 0 Å². The summed E-state index contributed by atoms with van der Waals surface area (Å²) in [5, 5.41) is 13.7. The van der Waals surface area contributed by atoms with Gasteiger partial charge in [0.15, 0.2) is 5.65 Å². The number of hydrogen-bond acceptors (Lipinski definition) is 5. The molecule has 0 aliphatic carbocycles. The number of aryl methyl sites for hydroxylation is 2. The number of fused-ring (bicyclic) bond motifs is 1. The van der Waals surface area contributed by atoms with Crippen molar-refractivity contribution in [2.24, 2.45) is 0 Å². The lowest BCUT2D eigenvalue weighted by Gasteiger charge is -2.29. The molecule has 7 nitrogen and oxygen atoms in total. The van der Waals surface area contributed by atoms with Crippen molar-refractivity contribution in [3.63, 3.8) is 0 Å². The molecule has 0 radical (unpaired) electrons. The number of rotatable bonds is 3. The summed E-state index contributed by atoms with van der Waals surface area (Å²) >= 11 is 0. The molecular weight excluding hydrogens is 351 g/mol.